The Morgan fingerprint density at radius 2 is 2.05 bits per heavy atom. The number of hydrogen-bond donors (Lipinski definition) is 2. The molecule has 1 aliphatic rings. The number of aromatic amines is 1. The monoisotopic (exact) mass is 316 g/mol. The maximum absolute atomic E-state index is 11.4. The van der Waals surface area contributed by atoms with Gasteiger partial charge in [0.25, 0.3) is 0 Å². The highest BCUT2D eigenvalue weighted by atomic mass is 35.5. The molecule has 2 N–H and O–H groups in total. The summed E-state index contributed by atoms with van der Waals surface area (Å²) in [7, 11) is 0. The predicted octanol–water partition coefficient (Wildman–Crippen LogP) is 4.24. The summed E-state index contributed by atoms with van der Waals surface area (Å²) < 4.78 is 0. The van der Waals surface area contributed by atoms with Crippen LogP contribution in [0.1, 0.15) is 38.1 Å². The first-order valence-corrected chi connectivity index (χ1v) is 7.96. The summed E-state index contributed by atoms with van der Waals surface area (Å²) in [4.78, 5) is 7.39. The van der Waals surface area contributed by atoms with E-state index in [4.69, 9.17) is 11.6 Å². The molecular weight excluding hydrogens is 296 g/mol. The molecular formula is C18H21ClN2O. The molecule has 0 aliphatic heterocycles. The molecule has 1 unspecified atom stereocenters. The smallest absolute Gasteiger partial charge is 0.109 e. The average molecular weight is 317 g/mol. The van der Waals surface area contributed by atoms with Gasteiger partial charge in [0.15, 0.2) is 0 Å². The number of imidazole rings is 1. The van der Waals surface area contributed by atoms with Gasteiger partial charge in [0.2, 0.25) is 0 Å². The summed E-state index contributed by atoms with van der Waals surface area (Å²) in [6.07, 6.45) is 7.98. The summed E-state index contributed by atoms with van der Waals surface area (Å²) >= 11 is 5.94. The highest BCUT2D eigenvalue weighted by molar-refractivity contribution is 6.30. The molecule has 0 amide bonds. The van der Waals surface area contributed by atoms with Crippen LogP contribution >= 0.6 is 11.6 Å². The molecule has 1 aliphatic carbocycles. The van der Waals surface area contributed by atoms with Crippen molar-refractivity contribution in [3.05, 3.63) is 58.6 Å². The summed E-state index contributed by atoms with van der Waals surface area (Å²) in [5, 5.41) is 12.1. The second kappa shape index (κ2) is 5.56. The molecule has 1 fully saturated rings. The Balaban J connectivity index is 1.97. The largest absolute Gasteiger partial charge is 0.384 e. The predicted molar refractivity (Wildman–Crippen MR) is 89.7 cm³/mol. The van der Waals surface area contributed by atoms with Crippen molar-refractivity contribution in [1.82, 2.24) is 9.97 Å². The Labute approximate surface area is 136 Å². The maximum Gasteiger partial charge on any atom is 0.109 e. The van der Waals surface area contributed by atoms with E-state index < -0.39 is 5.60 Å². The Bertz CT molecular complexity index is 674. The summed E-state index contributed by atoms with van der Waals surface area (Å²) in [6, 6.07) is 7.71. The molecule has 1 heterocycles. The lowest BCUT2D eigenvalue weighted by Crippen LogP contribution is -2.43. The molecule has 1 saturated carbocycles. The number of nitrogens with one attached hydrogen (secondary N) is 1. The minimum absolute atomic E-state index is 0.182. The lowest BCUT2D eigenvalue weighted by atomic mass is 9.74. The standard InChI is InChI=1S/C18H21ClN2O/c1-17(2)8-7-14(11-13-3-5-15(19)6-4-13)18(17,22)12-16-20-9-10-21-16/h3-6,9-11,22H,7-8,12H2,1-2H3,(H,20,21). The first kappa shape index (κ1) is 15.3. The zero-order valence-corrected chi connectivity index (χ0v) is 13.7. The van der Waals surface area contributed by atoms with E-state index in [1.165, 1.54) is 0 Å². The van der Waals surface area contributed by atoms with Gasteiger partial charge in [-0.1, -0.05) is 43.7 Å². The minimum Gasteiger partial charge on any atom is -0.384 e. The minimum atomic E-state index is -0.884. The van der Waals surface area contributed by atoms with Crippen molar-refractivity contribution in [3.8, 4) is 0 Å². The summed E-state index contributed by atoms with van der Waals surface area (Å²) in [6.45, 7) is 4.25. The molecule has 3 nitrogen and oxygen atoms in total. The van der Waals surface area contributed by atoms with E-state index in [0.717, 1.165) is 34.8 Å². The number of nitrogens with zero attached hydrogens (tertiary/aromatic N) is 1. The molecule has 1 atom stereocenters. The number of hydrogen-bond acceptors (Lipinski definition) is 2. The molecule has 4 heteroatoms. The van der Waals surface area contributed by atoms with Crippen LogP contribution < -0.4 is 0 Å². The van der Waals surface area contributed by atoms with Crippen LogP contribution in [0.25, 0.3) is 6.08 Å². The second-order valence-electron chi connectivity index (χ2n) is 6.68. The van der Waals surface area contributed by atoms with E-state index in [-0.39, 0.29) is 5.41 Å². The number of rotatable bonds is 3. The lowest BCUT2D eigenvalue weighted by Gasteiger charge is -2.37. The van der Waals surface area contributed by atoms with Gasteiger partial charge in [-0.05, 0) is 41.5 Å². The third-order valence-corrected chi connectivity index (χ3v) is 5.11. The van der Waals surface area contributed by atoms with Crippen LogP contribution in [0.3, 0.4) is 0 Å². The third-order valence-electron chi connectivity index (χ3n) is 4.86. The molecule has 0 bridgehead atoms. The lowest BCUT2D eigenvalue weighted by molar-refractivity contribution is -0.0139. The van der Waals surface area contributed by atoms with Gasteiger partial charge in [-0.3, -0.25) is 0 Å². The molecule has 0 spiro atoms. The Kier molecular flexibility index (Phi) is 3.87. The van der Waals surface area contributed by atoms with Crippen LogP contribution in [0.2, 0.25) is 5.02 Å². The summed E-state index contributed by atoms with van der Waals surface area (Å²) in [5.74, 6) is 0.819. The van der Waals surface area contributed by atoms with Crippen LogP contribution in [-0.2, 0) is 6.42 Å². The Morgan fingerprint density at radius 1 is 1.32 bits per heavy atom. The van der Waals surface area contributed by atoms with Gasteiger partial charge in [0.05, 0.1) is 5.60 Å². The van der Waals surface area contributed by atoms with Gasteiger partial charge in [-0.25, -0.2) is 4.98 Å². The highest BCUT2D eigenvalue weighted by Crippen LogP contribution is 2.51. The molecule has 3 rings (SSSR count). The van der Waals surface area contributed by atoms with Gasteiger partial charge in [-0.2, -0.15) is 0 Å². The molecule has 0 radical (unpaired) electrons. The van der Waals surface area contributed by atoms with Crippen molar-refractivity contribution in [2.45, 2.75) is 38.7 Å². The fraction of sp³-hybridized carbons (Fsp3) is 0.389. The second-order valence-corrected chi connectivity index (χ2v) is 7.11. The van der Waals surface area contributed by atoms with Crippen molar-refractivity contribution < 1.29 is 5.11 Å². The van der Waals surface area contributed by atoms with E-state index in [1.807, 2.05) is 24.3 Å². The average Bonchev–Trinajstić information content (AvgIpc) is 3.04. The number of halogens is 1. The number of aliphatic hydroxyl groups is 1. The first-order chi connectivity index (χ1) is 10.4. The van der Waals surface area contributed by atoms with Crippen molar-refractivity contribution in [3.63, 3.8) is 0 Å². The fourth-order valence-corrected chi connectivity index (χ4v) is 3.36. The van der Waals surface area contributed by atoms with Crippen LogP contribution in [-0.4, -0.2) is 20.7 Å². The van der Waals surface area contributed by atoms with E-state index >= 15 is 0 Å². The van der Waals surface area contributed by atoms with Crippen LogP contribution in [0.5, 0.6) is 0 Å². The van der Waals surface area contributed by atoms with E-state index in [1.54, 1.807) is 12.4 Å². The first-order valence-electron chi connectivity index (χ1n) is 7.58. The molecule has 116 valence electrons. The number of aromatic nitrogens is 2. The molecule has 1 aromatic carbocycles. The Hall–Kier alpha value is -1.58. The van der Waals surface area contributed by atoms with Crippen LogP contribution in [0, 0.1) is 5.41 Å². The van der Waals surface area contributed by atoms with E-state index in [2.05, 4.69) is 29.9 Å². The summed E-state index contributed by atoms with van der Waals surface area (Å²) in [5.41, 5.74) is 1.06. The Morgan fingerprint density at radius 3 is 2.68 bits per heavy atom. The number of benzene rings is 1. The van der Waals surface area contributed by atoms with Gasteiger partial charge in [0, 0.05) is 23.8 Å². The van der Waals surface area contributed by atoms with E-state index in [9.17, 15) is 5.11 Å². The van der Waals surface area contributed by atoms with Crippen molar-refractivity contribution in [2.24, 2.45) is 5.41 Å². The van der Waals surface area contributed by atoms with Crippen molar-refractivity contribution in [1.29, 1.82) is 0 Å². The zero-order valence-electron chi connectivity index (χ0n) is 12.9. The van der Waals surface area contributed by atoms with Crippen molar-refractivity contribution >= 4 is 17.7 Å². The maximum atomic E-state index is 11.4. The van der Waals surface area contributed by atoms with Gasteiger partial charge >= 0.3 is 0 Å². The third kappa shape index (κ3) is 2.71. The van der Waals surface area contributed by atoms with Crippen LogP contribution in [0.15, 0.2) is 42.2 Å². The van der Waals surface area contributed by atoms with Gasteiger partial charge in [0.1, 0.15) is 5.82 Å². The molecule has 2 aromatic rings. The van der Waals surface area contributed by atoms with Crippen molar-refractivity contribution in [2.75, 3.05) is 0 Å². The van der Waals surface area contributed by atoms with Crippen LogP contribution in [0.4, 0.5) is 0 Å². The molecule has 22 heavy (non-hydrogen) atoms. The number of H-pyrrole nitrogens is 1. The highest BCUT2D eigenvalue weighted by Gasteiger charge is 2.51. The topological polar surface area (TPSA) is 48.9 Å². The fourth-order valence-electron chi connectivity index (χ4n) is 3.24. The molecule has 1 aromatic heterocycles. The normalized spacial score (nSPS) is 25.7. The quantitative estimate of drug-likeness (QED) is 0.889. The molecule has 0 saturated heterocycles. The van der Waals surface area contributed by atoms with Gasteiger partial charge < -0.3 is 10.1 Å². The zero-order chi connectivity index (χ0) is 15.8. The SMILES string of the molecule is CC1(C)CCC(=Cc2ccc(Cl)cc2)C1(O)Cc1ncc[nH]1. The van der Waals surface area contributed by atoms with Gasteiger partial charge in [-0.15, -0.1) is 0 Å². The van der Waals surface area contributed by atoms with E-state index in [0.29, 0.717) is 6.42 Å².